The molecule has 0 radical (unpaired) electrons. The quantitative estimate of drug-likeness (QED) is 0.932. The first kappa shape index (κ1) is 12.8. The van der Waals surface area contributed by atoms with Gasteiger partial charge in [-0.1, -0.05) is 11.6 Å². The van der Waals surface area contributed by atoms with Gasteiger partial charge in [0.2, 0.25) is 0 Å². The maximum absolute atomic E-state index is 6.08. The highest BCUT2D eigenvalue weighted by atomic mass is 79.9. The summed E-state index contributed by atoms with van der Waals surface area (Å²) >= 11 is 11.1. The second kappa shape index (κ2) is 5.35. The third-order valence-corrected chi connectivity index (χ3v) is 4.42. The molecule has 0 spiro atoms. The number of aromatic nitrogens is 1. The summed E-state index contributed by atoms with van der Waals surface area (Å²) in [7, 11) is 1.59. The van der Waals surface area contributed by atoms with Crippen LogP contribution in [0.2, 0.25) is 5.02 Å². The number of halogens is 2. The zero-order valence-corrected chi connectivity index (χ0v) is 12.2. The summed E-state index contributed by atoms with van der Waals surface area (Å²) in [6.07, 6.45) is 0. The summed E-state index contributed by atoms with van der Waals surface area (Å²) in [5.74, 6) is 0.657. The highest BCUT2D eigenvalue weighted by molar-refractivity contribution is 9.11. The van der Waals surface area contributed by atoms with E-state index in [-0.39, 0.29) is 0 Å². The van der Waals surface area contributed by atoms with Crippen molar-refractivity contribution in [2.75, 3.05) is 7.11 Å². The fraction of sp³-hybridized carbons (Fsp3) is 0.182. The van der Waals surface area contributed by atoms with Gasteiger partial charge >= 0.3 is 0 Å². The lowest BCUT2D eigenvalue weighted by atomic mass is 10.2. The van der Waals surface area contributed by atoms with E-state index in [1.54, 1.807) is 18.4 Å². The number of methoxy groups -OCH3 is 1. The van der Waals surface area contributed by atoms with Gasteiger partial charge in [-0.05, 0) is 34.1 Å². The Hall–Kier alpha value is -0.620. The standard InChI is InChI=1S/C11H10BrClN2OS/c1-16-9-3-2-6(4-7(9)13)11-15-8(5-14)10(12)17-11/h2-4H,5,14H2,1H3. The molecule has 0 fully saturated rings. The molecular weight excluding hydrogens is 324 g/mol. The molecule has 1 heterocycles. The van der Waals surface area contributed by atoms with Crippen LogP contribution in [-0.4, -0.2) is 12.1 Å². The number of hydrogen-bond acceptors (Lipinski definition) is 4. The summed E-state index contributed by atoms with van der Waals surface area (Å²) in [4.78, 5) is 4.44. The summed E-state index contributed by atoms with van der Waals surface area (Å²) in [6, 6.07) is 5.59. The maximum Gasteiger partial charge on any atom is 0.137 e. The number of nitrogens with zero attached hydrogens (tertiary/aromatic N) is 1. The van der Waals surface area contributed by atoms with Gasteiger partial charge in [0.1, 0.15) is 10.8 Å². The molecule has 90 valence electrons. The molecule has 0 atom stereocenters. The van der Waals surface area contributed by atoms with Crippen LogP contribution in [-0.2, 0) is 6.54 Å². The van der Waals surface area contributed by atoms with E-state index in [1.807, 2.05) is 18.2 Å². The maximum atomic E-state index is 6.08. The van der Waals surface area contributed by atoms with Gasteiger partial charge in [-0.3, -0.25) is 0 Å². The minimum atomic E-state index is 0.418. The smallest absolute Gasteiger partial charge is 0.137 e. The zero-order chi connectivity index (χ0) is 12.4. The second-order valence-corrected chi connectivity index (χ2v) is 6.02. The lowest BCUT2D eigenvalue weighted by Gasteiger charge is -2.03. The van der Waals surface area contributed by atoms with Gasteiger partial charge in [-0.25, -0.2) is 4.98 Å². The van der Waals surface area contributed by atoms with Crippen LogP contribution in [0.5, 0.6) is 5.75 Å². The van der Waals surface area contributed by atoms with Crippen LogP contribution in [0.1, 0.15) is 5.69 Å². The molecule has 3 nitrogen and oxygen atoms in total. The van der Waals surface area contributed by atoms with E-state index < -0.39 is 0 Å². The van der Waals surface area contributed by atoms with Gasteiger partial charge in [0.25, 0.3) is 0 Å². The van der Waals surface area contributed by atoms with E-state index in [2.05, 4.69) is 20.9 Å². The molecule has 0 amide bonds. The Morgan fingerprint density at radius 3 is 2.82 bits per heavy atom. The molecule has 1 aromatic heterocycles. The van der Waals surface area contributed by atoms with E-state index >= 15 is 0 Å². The van der Waals surface area contributed by atoms with Crippen molar-refractivity contribution in [2.24, 2.45) is 5.73 Å². The number of thiazole rings is 1. The SMILES string of the molecule is COc1ccc(-c2nc(CN)c(Br)s2)cc1Cl. The first-order valence-electron chi connectivity index (χ1n) is 4.85. The summed E-state index contributed by atoms with van der Waals surface area (Å²) in [5.41, 5.74) is 7.40. The molecule has 0 aliphatic heterocycles. The lowest BCUT2D eigenvalue weighted by Crippen LogP contribution is -1.96. The molecule has 0 bridgehead atoms. The predicted octanol–water partition coefficient (Wildman–Crippen LogP) is 3.69. The van der Waals surface area contributed by atoms with Crippen molar-refractivity contribution in [3.8, 4) is 16.3 Å². The largest absolute Gasteiger partial charge is 0.495 e. The number of rotatable bonds is 3. The molecule has 0 aliphatic rings. The third kappa shape index (κ3) is 2.63. The molecule has 2 aromatic rings. The van der Waals surface area contributed by atoms with Crippen LogP contribution < -0.4 is 10.5 Å². The highest BCUT2D eigenvalue weighted by Crippen LogP contribution is 2.35. The molecule has 1 aromatic carbocycles. The van der Waals surface area contributed by atoms with Crippen molar-refractivity contribution in [3.63, 3.8) is 0 Å². The third-order valence-electron chi connectivity index (χ3n) is 2.24. The van der Waals surface area contributed by atoms with Crippen molar-refractivity contribution < 1.29 is 4.74 Å². The first-order chi connectivity index (χ1) is 8.15. The number of hydrogen-bond donors (Lipinski definition) is 1. The van der Waals surface area contributed by atoms with Crippen LogP contribution in [0.15, 0.2) is 22.0 Å². The lowest BCUT2D eigenvalue weighted by molar-refractivity contribution is 0.415. The molecule has 0 unspecified atom stereocenters. The molecule has 6 heteroatoms. The molecule has 2 N–H and O–H groups in total. The Bertz CT molecular complexity index is 544. The van der Waals surface area contributed by atoms with Crippen molar-refractivity contribution in [1.29, 1.82) is 0 Å². The van der Waals surface area contributed by atoms with E-state index in [9.17, 15) is 0 Å². The van der Waals surface area contributed by atoms with Gasteiger partial charge in [0.15, 0.2) is 0 Å². The van der Waals surface area contributed by atoms with Gasteiger partial charge in [-0.2, -0.15) is 0 Å². The fourth-order valence-electron chi connectivity index (χ4n) is 1.38. The fourth-order valence-corrected chi connectivity index (χ4v) is 3.17. The van der Waals surface area contributed by atoms with Crippen LogP contribution in [0.25, 0.3) is 10.6 Å². The molecule has 0 saturated heterocycles. The molecule has 2 rings (SSSR count). The van der Waals surface area contributed by atoms with Crippen LogP contribution in [0, 0.1) is 0 Å². The van der Waals surface area contributed by atoms with E-state index in [0.29, 0.717) is 17.3 Å². The molecule has 0 saturated carbocycles. The van der Waals surface area contributed by atoms with Gasteiger partial charge in [-0.15, -0.1) is 11.3 Å². The Kier molecular flexibility index (Phi) is 4.04. The van der Waals surface area contributed by atoms with Gasteiger partial charge < -0.3 is 10.5 Å². The van der Waals surface area contributed by atoms with E-state index in [0.717, 1.165) is 20.1 Å². The highest BCUT2D eigenvalue weighted by Gasteiger charge is 2.11. The second-order valence-electron chi connectivity index (χ2n) is 3.29. The van der Waals surface area contributed by atoms with Crippen molar-refractivity contribution in [1.82, 2.24) is 4.98 Å². The number of benzene rings is 1. The summed E-state index contributed by atoms with van der Waals surface area (Å²) in [5, 5.41) is 1.47. The summed E-state index contributed by atoms with van der Waals surface area (Å²) in [6.45, 7) is 0.418. The molecular formula is C11H10BrClN2OS. The predicted molar refractivity (Wildman–Crippen MR) is 74.7 cm³/mol. The number of ether oxygens (including phenoxy) is 1. The Balaban J connectivity index is 2.42. The summed E-state index contributed by atoms with van der Waals surface area (Å²) < 4.78 is 6.07. The van der Waals surface area contributed by atoms with E-state index in [1.165, 1.54) is 0 Å². The normalized spacial score (nSPS) is 10.6. The van der Waals surface area contributed by atoms with E-state index in [4.69, 9.17) is 22.1 Å². The monoisotopic (exact) mass is 332 g/mol. The zero-order valence-electron chi connectivity index (χ0n) is 9.04. The molecule has 0 aliphatic carbocycles. The Morgan fingerprint density at radius 1 is 1.53 bits per heavy atom. The van der Waals surface area contributed by atoms with Gasteiger partial charge in [0.05, 0.1) is 21.6 Å². The van der Waals surface area contributed by atoms with Crippen molar-refractivity contribution >= 4 is 38.9 Å². The van der Waals surface area contributed by atoms with Crippen LogP contribution in [0.3, 0.4) is 0 Å². The number of nitrogens with two attached hydrogens (primary N) is 1. The minimum absolute atomic E-state index is 0.418. The average molecular weight is 334 g/mol. The van der Waals surface area contributed by atoms with Crippen LogP contribution >= 0.6 is 38.9 Å². The van der Waals surface area contributed by atoms with Crippen molar-refractivity contribution in [2.45, 2.75) is 6.54 Å². The average Bonchev–Trinajstić information content (AvgIpc) is 2.70. The molecule has 17 heavy (non-hydrogen) atoms. The first-order valence-corrected chi connectivity index (χ1v) is 6.83. The Labute approximate surface area is 117 Å². The van der Waals surface area contributed by atoms with Crippen LogP contribution in [0.4, 0.5) is 0 Å². The topological polar surface area (TPSA) is 48.1 Å². The van der Waals surface area contributed by atoms with Crippen molar-refractivity contribution in [3.05, 3.63) is 32.7 Å². The minimum Gasteiger partial charge on any atom is -0.495 e. The Morgan fingerprint density at radius 2 is 2.29 bits per heavy atom. The van der Waals surface area contributed by atoms with Gasteiger partial charge in [0, 0.05) is 12.1 Å².